The van der Waals surface area contributed by atoms with Gasteiger partial charge in [0.1, 0.15) is 5.76 Å². The molecule has 0 bridgehead atoms. The summed E-state index contributed by atoms with van der Waals surface area (Å²) in [5.74, 6) is 0.920. The van der Waals surface area contributed by atoms with E-state index in [0.717, 1.165) is 30.8 Å². The van der Waals surface area contributed by atoms with Gasteiger partial charge in [0.05, 0.1) is 12.6 Å². The Balaban J connectivity index is 2.19. The first-order valence-corrected chi connectivity index (χ1v) is 6.19. The normalized spacial score (nSPS) is 17.9. The van der Waals surface area contributed by atoms with Crippen LogP contribution >= 0.6 is 22.6 Å². The minimum Gasteiger partial charge on any atom is -0.496 e. The SMILES string of the molecule is NC(C1=CCCCO1)c1cccc(I)c1. The zero-order chi connectivity index (χ0) is 10.7. The minimum absolute atomic E-state index is 0.111. The van der Waals surface area contributed by atoms with Gasteiger partial charge < -0.3 is 10.5 Å². The van der Waals surface area contributed by atoms with Crippen LogP contribution in [0.25, 0.3) is 0 Å². The zero-order valence-corrected chi connectivity index (χ0v) is 10.6. The Labute approximate surface area is 104 Å². The van der Waals surface area contributed by atoms with Crippen molar-refractivity contribution in [2.45, 2.75) is 18.9 Å². The molecule has 1 unspecified atom stereocenters. The highest BCUT2D eigenvalue weighted by Gasteiger charge is 2.15. The van der Waals surface area contributed by atoms with Crippen LogP contribution in [0.3, 0.4) is 0 Å². The number of nitrogens with two attached hydrogens (primary N) is 1. The standard InChI is InChI=1S/C12H14INO/c13-10-5-3-4-9(8-10)12(14)11-6-1-2-7-15-11/h3-6,8,12H,1-2,7,14H2. The van der Waals surface area contributed by atoms with Crippen molar-refractivity contribution in [1.82, 2.24) is 0 Å². The molecule has 0 saturated heterocycles. The second-order valence-corrected chi connectivity index (χ2v) is 4.88. The van der Waals surface area contributed by atoms with Crippen LogP contribution in [0.1, 0.15) is 24.4 Å². The Morgan fingerprint density at radius 2 is 2.27 bits per heavy atom. The molecule has 0 radical (unpaired) electrons. The van der Waals surface area contributed by atoms with Crippen LogP contribution in [0.4, 0.5) is 0 Å². The Bertz CT molecular complexity index is 376. The molecule has 1 atom stereocenters. The third kappa shape index (κ3) is 2.72. The van der Waals surface area contributed by atoms with Crippen molar-refractivity contribution in [3.8, 4) is 0 Å². The number of hydrogen-bond donors (Lipinski definition) is 1. The number of ether oxygens (including phenoxy) is 1. The van der Waals surface area contributed by atoms with Crippen molar-refractivity contribution >= 4 is 22.6 Å². The molecule has 2 N–H and O–H groups in total. The predicted octanol–water partition coefficient (Wildman–Crippen LogP) is 2.99. The van der Waals surface area contributed by atoms with Gasteiger partial charge in [0.15, 0.2) is 0 Å². The van der Waals surface area contributed by atoms with Gasteiger partial charge in [-0.3, -0.25) is 0 Å². The number of hydrogen-bond acceptors (Lipinski definition) is 2. The smallest absolute Gasteiger partial charge is 0.113 e. The monoisotopic (exact) mass is 315 g/mol. The highest BCUT2D eigenvalue weighted by atomic mass is 127. The van der Waals surface area contributed by atoms with Crippen molar-refractivity contribution in [2.24, 2.45) is 5.73 Å². The Kier molecular flexibility index (Phi) is 3.64. The summed E-state index contributed by atoms with van der Waals surface area (Å²) < 4.78 is 6.77. The molecule has 0 saturated carbocycles. The highest BCUT2D eigenvalue weighted by molar-refractivity contribution is 14.1. The zero-order valence-electron chi connectivity index (χ0n) is 8.45. The van der Waals surface area contributed by atoms with Crippen LogP contribution < -0.4 is 5.73 Å². The third-order valence-corrected chi connectivity index (χ3v) is 3.15. The fourth-order valence-corrected chi connectivity index (χ4v) is 2.22. The quantitative estimate of drug-likeness (QED) is 0.852. The second-order valence-electron chi connectivity index (χ2n) is 3.63. The number of rotatable bonds is 2. The molecule has 2 rings (SSSR count). The maximum Gasteiger partial charge on any atom is 0.113 e. The van der Waals surface area contributed by atoms with Crippen LogP contribution in [-0.2, 0) is 4.74 Å². The van der Waals surface area contributed by atoms with E-state index in [4.69, 9.17) is 10.5 Å². The van der Waals surface area contributed by atoms with Gasteiger partial charge >= 0.3 is 0 Å². The summed E-state index contributed by atoms with van der Waals surface area (Å²) >= 11 is 2.29. The molecule has 0 amide bonds. The van der Waals surface area contributed by atoms with E-state index in [1.807, 2.05) is 12.1 Å². The summed E-state index contributed by atoms with van der Waals surface area (Å²) in [6, 6.07) is 8.13. The van der Waals surface area contributed by atoms with E-state index in [2.05, 4.69) is 40.8 Å². The molecule has 0 aromatic heterocycles. The maximum atomic E-state index is 6.14. The van der Waals surface area contributed by atoms with Gasteiger partial charge in [-0.05, 0) is 59.2 Å². The molecule has 3 heteroatoms. The Morgan fingerprint density at radius 1 is 1.40 bits per heavy atom. The summed E-state index contributed by atoms with van der Waals surface area (Å²) in [7, 11) is 0. The Morgan fingerprint density at radius 3 is 2.93 bits per heavy atom. The van der Waals surface area contributed by atoms with Gasteiger partial charge in [-0.15, -0.1) is 0 Å². The van der Waals surface area contributed by atoms with E-state index < -0.39 is 0 Å². The molecular weight excluding hydrogens is 301 g/mol. The van der Waals surface area contributed by atoms with E-state index in [9.17, 15) is 0 Å². The lowest BCUT2D eigenvalue weighted by molar-refractivity contribution is 0.176. The molecule has 1 aliphatic rings. The molecule has 0 aliphatic carbocycles. The van der Waals surface area contributed by atoms with Crippen LogP contribution in [0, 0.1) is 3.57 Å². The fraction of sp³-hybridized carbons (Fsp3) is 0.333. The molecule has 1 aliphatic heterocycles. The van der Waals surface area contributed by atoms with Gasteiger partial charge in [0.2, 0.25) is 0 Å². The summed E-state index contributed by atoms with van der Waals surface area (Å²) in [4.78, 5) is 0. The summed E-state index contributed by atoms with van der Waals surface area (Å²) in [5, 5.41) is 0. The minimum atomic E-state index is -0.111. The van der Waals surface area contributed by atoms with Crippen molar-refractivity contribution in [3.05, 3.63) is 45.2 Å². The first-order chi connectivity index (χ1) is 7.27. The lowest BCUT2D eigenvalue weighted by Crippen LogP contribution is -2.17. The predicted molar refractivity (Wildman–Crippen MR) is 69.4 cm³/mol. The molecule has 80 valence electrons. The molecule has 2 nitrogen and oxygen atoms in total. The third-order valence-electron chi connectivity index (χ3n) is 2.48. The van der Waals surface area contributed by atoms with Crippen LogP contribution in [0.2, 0.25) is 0 Å². The van der Waals surface area contributed by atoms with E-state index in [1.54, 1.807) is 0 Å². The maximum absolute atomic E-state index is 6.14. The molecule has 0 fully saturated rings. The Hall–Kier alpha value is -0.550. The van der Waals surface area contributed by atoms with E-state index in [-0.39, 0.29) is 6.04 Å². The molecular formula is C12H14INO. The van der Waals surface area contributed by atoms with Crippen molar-refractivity contribution in [2.75, 3.05) is 6.61 Å². The van der Waals surface area contributed by atoms with E-state index >= 15 is 0 Å². The number of halogens is 1. The average molecular weight is 315 g/mol. The van der Waals surface area contributed by atoms with Gasteiger partial charge in [-0.1, -0.05) is 12.1 Å². The lowest BCUT2D eigenvalue weighted by atomic mass is 10.0. The highest BCUT2D eigenvalue weighted by Crippen LogP contribution is 2.24. The van der Waals surface area contributed by atoms with E-state index in [0.29, 0.717) is 0 Å². The summed E-state index contributed by atoms with van der Waals surface area (Å²) in [6.45, 7) is 0.795. The first kappa shape index (κ1) is 11.0. The molecule has 15 heavy (non-hydrogen) atoms. The second kappa shape index (κ2) is 4.99. The van der Waals surface area contributed by atoms with Crippen molar-refractivity contribution in [3.63, 3.8) is 0 Å². The topological polar surface area (TPSA) is 35.2 Å². The van der Waals surface area contributed by atoms with Gasteiger partial charge in [0.25, 0.3) is 0 Å². The molecule has 1 aromatic rings. The van der Waals surface area contributed by atoms with Crippen molar-refractivity contribution < 1.29 is 4.74 Å². The van der Waals surface area contributed by atoms with Crippen molar-refractivity contribution in [1.29, 1.82) is 0 Å². The average Bonchev–Trinajstić information content (AvgIpc) is 2.29. The largest absolute Gasteiger partial charge is 0.496 e. The molecule has 1 heterocycles. The van der Waals surface area contributed by atoms with E-state index in [1.165, 1.54) is 3.57 Å². The summed E-state index contributed by atoms with van der Waals surface area (Å²) in [5.41, 5.74) is 7.26. The van der Waals surface area contributed by atoms with Crippen LogP contribution in [-0.4, -0.2) is 6.61 Å². The molecule has 0 spiro atoms. The number of allylic oxidation sites excluding steroid dienone is 1. The van der Waals surface area contributed by atoms with Gasteiger partial charge in [-0.25, -0.2) is 0 Å². The number of benzene rings is 1. The fourth-order valence-electron chi connectivity index (χ4n) is 1.66. The van der Waals surface area contributed by atoms with Gasteiger partial charge in [-0.2, -0.15) is 0 Å². The van der Waals surface area contributed by atoms with Gasteiger partial charge in [0, 0.05) is 3.57 Å². The van der Waals surface area contributed by atoms with Crippen LogP contribution in [0.15, 0.2) is 36.1 Å². The first-order valence-electron chi connectivity index (χ1n) is 5.11. The van der Waals surface area contributed by atoms with Crippen LogP contribution in [0.5, 0.6) is 0 Å². The lowest BCUT2D eigenvalue weighted by Gasteiger charge is -2.21. The summed E-state index contributed by atoms with van der Waals surface area (Å²) in [6.07, 6.45) is 4.28. The molecule has 1 aromatic carbocycles.